The smallest absolute Gasteiger partial charge is 0.212 e. The first-order chi connectivity index (χ1) is 6.58. The van der Waals surface area contributed by atoms with Crippen molar-refractivity contribution in [1.82, 2.24) is 4.98 Å². The summed E-state index contributed by atoms with van der Waals surface area (Å²) in [7, 11) is 0. The third-order valence-corrected chi connectivity index (χ3v) is 2.98. The van der Waals surface area contributed by atoms with Gasteiger partial charge in [-0.15, -0.1) is 0 Å². The SMILES string of the molecule is N=C(N)SCc1cnc(N=C(N)N)s1. The van der Waals surface area contributed by atoms with Gasteiger partial charge in [0.2, 0.25) is 5.13 Å². The van der Waals surface area contributed by atoms with Crippen molar-refractivity contribution in [1.29, 1.82) is 5.41 Å². The molecule has 1 aromatic rings. The standard InChI is InChI=1S/C6H10N6S2/c7-4(8)12-6-11-1-3(14-6)2-13-5(9)10/h1H,2H2,(H3,9,10)(H4,7,8,11,12). The fraction of sp³-hybridized carbons (Fsp3) is 0.167. The predicted octanol–water partition coefficient (Wildman–Crippen LogP) is 0.175. The van der Waals surface area contributed by atoms with Crippen LogP contribution < -0.4 is 17.2 Å². The van der Waals surface area contributed by atoms with Gasteiger partial charge in [0.05, 0.1) is 0 Å². The number of hydrogen-bond donors (Lipinski definition) is 4. The normalized spacial score (nSPS) is 9.71. The van der Waals surface area contributed by atoms with Crippen LogP contribution in [0.3, 0.4) is 0 Å². The summed E-state index contributed by atoms with van der Waals surface area (Å²) in [6.45, 7) is 0. The van der Waals surface area contributed by atoms with E-state index < -0.39 is 0 Å². The molecule has 8 heteroatoms. The summed E-state index contributed by atoms with van der Waals surface area (Å²) in [4.78, 5) is 8.75. The van der Waals surface area contributed by atoms with E-state index in [4.69, 9.17) is 22.6 Å². The molecule has 0 aromatic carbocycles. The highest BCUT2D eigenvalue weighted by Crippen LogP contribution is 2.24. The highest BCUT2D eigenvalue weighted by Gasteiger charge is 2.01. The largest absolute Gasteiger partial charge is 0.379 e. The van der Waals surface area contributed by atoms with Crippen molar-refractivity contribution in [2.75, 3.05) is 0 Å². The van der Waals surface area contributed by atoms with Crippen LogP contribution in [0, 0.1) is 5.41 Å². The molecule has 6 nitrogen and oxygen atoms in total. The average Bonchev–Trinajstić information content (AvgIpc) is 2.47. The molecule has 1 aromatic heterocycles. The lowest BCUT2D eigenvalue weighted by atomic mass is 10.6. The van der Waals surface area contributed by atoms with Gasteiger partial charge in [0, 0.05) is 16.8 Å². The van der Waals surface area contributed by atoms with Gasteiger partial charge in [0.15, 0.2) is 11.1 Å². The van der Waals surface area contributed by atoms with Gasteiger partial charge in [-0.3, -0.25) is 5.41 Å². The number of thiazole rings is 1. The number of amidine groups is 1. The Hall–Kier alpha value is -1.28. The van der Waals surface area contributed by atoms with E-state index in [1.807, 2.05) is 0 Å². The van der Waals surface area contributed by atoms with Crippen LogP contribution in [0.5, 0.6) is 0 Å². The topological polar surface area (TPSA) is 127 Å². The fourth-order valence-corrected chi connectivity index (χ4v) is 2.06. The van der Waals surface area contributed by atoms with Crippen molar-refractivity contribution in [3.8, 4) is 0 Å². The number of nitrogens with two attached hydrogens (primary N) is 3. The van der Waals surface area contributed by atoms with Gasteiger partial charge < -0.3 is 17.2 Å². The molecular weight excluding hydrogens is 220 g/mol. The summed E-state index contributed by atoms with van der Waals surface area (Å²) < 4.78 is 0. The molecule has 0 atom stereocenters. The van der Waals surface area contributed by atoms with Crippen LogP contribution in [-0.2, 0) is 5.75 Å². The second-order valence-corrected chi connectivity index (χ2v) is 4.41. The number of aromatic nitrogens is 1. The van der Waals surface area contributed by atoms with Gasteiger partial charge in [-0.2, -0.15) is 4.99 Å². The Labute approximate surface area is 89.1 Å². The molecule has 0 aliphatic heterocycles. The Morgan fingerprint density at radius 3 is 2.86 bits per heavy atom. The minimum Gasteiger partial charge on any atom is -0.379 e. The number of nitrogens with one attached hydrogen (secondary N) is 1. The van der Waals surface area contributed by atoms with Gasteiger partial charge in [0.25, 0.3) is 0 Å². The maximum Gasteiger partial charge on any atom is 0.212 e. The lowest BCUT2D eigenvalue weighted by Gasteiger charge is -1.92. The van der Waals surface area contributed by atoms with Crippen LogP contribution >= 0.6 is 23.1 Å². The summed E-state index contributed by atoms with van der Waals surface area (Å²) in [5.41, 5.74) is 15.6. The lowest BCUT2D eigenvalue weighted by Crippen LogP contribution is -2.21. The monoisotopic (exact) mass is 230 g/mol. The molecule has 0 saturated heterocycles. The van der Waals surface area contributed by atoms with E-state index in [0.717, 1.165) is 4.88 Å². The van der Waals surface area contributed by atoms with Crippen molar-refractivity contribution in [2.24, 2.45) is 22.2 Å². The molecule has 1 rings (SSSR count). The molecule has 0 amide bonds. The Bertz CT molecular complexity index is 353. The summed E-state index contributed by atoms with van der Waals surface area (Å²) >= 11 is 2.61. The maximum absolute atomic E-state index is 7.02. The van der Waals surface area contributed by atoms with E-state index in [1.54, 1.807) is 6.20 Å². The number of guanidine groups is 1. The van der Waals surface area contributed by atoms with Crippen molar-refractivity contribution in [3.63, 3.8) is 0 Å². The average molecular weight is 230 g/mol. The number of aliphatic imine (C=N–C) groups is 1. The van der Waals surface area contributed by atoms with Crippen LogP contribution in [0.15, 0.2) is 11.2 Å². The third-order valence-electron chi connectivity index (χ3n) is 1.14. The van der Waals surface area contributed by atoms with E-state index in [9.17, 15) is 0 Å². The van der Waals surface area contributed by atoms with E-state index in [1.165, 1.54) is 23.1 Å². The Kier molecular flexibility index (Phi) is 3.72. The molecule has 0 aliphatic carbocycles. The van der Waals surface area contributed by atoms with E-state index in [2.05, 4.69) is 9.98 Å². The predicted molar refractivity (Wildman–Crippen MR) is 60.8 cm³/mol. The first-order valence-electron chi connectivity index (χ1n) is 3.59. The Morgan fingerprint density at radius 2 is 2.29 bits per heavy atom. The number of hydrogen-bond acceptors (Lipinski definition) is 5. The van der Waals surface area contributed by atoms with E-state index in [0.29, 0.717) is 10.9 Å². The molecule has 0 unspecified atom stereocenters. The van der Waals surface area contributed by atoms with Crippen molar-refractivity contribution >= 4 is 39.4 Å². The molecule has 7 N–H and O–H groups in total. The van der Waals surface area contributed by atoms with E-state index in [-0.39, 0.29) is 11.1 Å². The molecule has 14 heavy (non-hydrogen) atoms. The van der Waals surface area contributed by atoms with Gasteiger partial charge >= 0.3 is 0 Å². The van der Waals surface area contributed by atoms with Gasteiger partial charge in [-0.1, -0.05) is 23.1 Å². The first kappa shape index (κ1) is 10.8. The zero-order chi connectivity index (χ0) is 10.6. The second kappa shape index (κ2) is 4.82. The van der Waals surface area contributed by atoms with Gasteiger partial charge in [-0.05, 0) is 0 Å². The van der Waals surface area contributed by atoms with Crippen LogP contribution in [0.2, 0.25) is 0 Å². The van der Waals surface area contributed by atoms with Gasteiger partial charge in [0.1, 0.15) is 0 Å². The summed E-state index contributed by atoms with van der Waals surface area (Å²) in [5, 5.41) is 7.62. The van der Waals surface area contributed by atoms with Crippen molar-refractivity contribution in [3.05, 3.63) is 11.1 Å². The number of rotatable bonds is 3. The first-order valence-corrected chi connectivity index (χ1v) is 5.39. The molecule has 0 bridgehead atoms. The van der Waals surface area contributed by atoms with Crippen LogP contribution in [-0.4, -0.2) is 16.1 Å². The third kappa shape index (κ3) is 3.62. The molecule has 0 aliphatic rings. The fourth-order valence-electron chi connectivity index (χ4n) is 0.675. The molecule has 0 saturated carbocycles. The van der Waals surface area contributed by atoms with E-state index >= 15 is 0 Å². The minimum atomic E-state index is -0.00915. The summed E-state index contributed by atoms with van der Waals surface area (Å²) in [6.07, 6.45) is 1.67. The molecule has 0 spiro atoms. The van der Waals surface area contributed by atoms with Crippen LogP contribution in [0.4, 0.5) is 5.13 Å². The molecule has 0 radical (unpaired) electrons. The highest BCUT2D eigenvalue weighted by molar-refractivity contribution is 8.13. The van der Waals surface area contributed by atoms with Crippen molar-refractivity contribution < 1.29 is 0 Å². The molecule has 1 heterocycles. The highest BCUT2D eigenvalue weighted by atomic mass is 32.2. The lowest BCUT2D eigenvalue weighted by molar-refractivity contribution is 1.31. The quantitative estimate of drug-likeness (QED) is 0.435. The summed E-state index contributed by atoms with van der Waals surface area (Å²) in [6, 6.07) is 0. The Balaban J connectivity index is 2.59. The Morgan fingerprint density at radius 1 is 1.57 bits per heavy atom. The minimum absolute atomic E-state index is 0.00915. The van der Waals surface area contributed by atoms with Crippen molar-refractivity contribution in [2.45, 2.75) is 5.75 Å². The van der Waals surface area contributed by atoms with Crippen LogP contribution in [0.1, 0.15) is 4.88 Å². The van der Waals surface area contributed by atoms with Gasteiger partial charge in [-0.25, -0.2) is 4.98 Å². The zero-order valence-corrected chi connectivity index (χ0v) is 8.86. The molecular formula is C6H10N6S2. The second-order valence-electron chi connectivity index (χ2n) is 2.30. The zero-order valence-electron chi connectivity index (χ0n) is 7.23. The van der Waals surface area contributed by atoms with Crippen LogP contribution in [0.25, 0.3) is 0 Å². The number of nitrogens with zero attached hydrogens (tertiary/aromatic N) is 2. The molecule has 76 valence electrons. The molecule has 0 fully saturated rings. The number of thioether (sulfide) groups is 1. The summed E-state index contributed by atoms with van der Waals surface area (Å²) in [5.74, 6) is 0.609. The maximum atomic E-state index is 7.02.